The summed E-state index contributed by atoms with van der Waals surface area (Å²) in [5.74, 6) is 0.442. The number of nitrogens with zero attached hydrogens (tertiary/aromatic N) is 1. The number of nitrogens with one attached hydrogen (secondary N) is 1. The molecule has 0 bridgehead atoms. The van der Waals surface area contributed by atoms with E-state index in [1.165, 1.54) is 22.7 Å². The fourth-order valence-corrected chi connectivity index (χ4v) is 4.84. The van der Waals surface area contributed by atoms with Crippen LogP contribution in [0.5, 0.6) is 5.75 Å². The van der Waals surface area contributed by atoms with Crippen molar-refractivity contribution in [3.8, 4) is 17.0 Å². The third-order valence-electron chi connectivity index (χ3n) is 3.91. The Morgan fingerprint density at radius 3 is 2.67 bits per heavy atom. The van der Waals surface area contributed by atoms with E-state index in [1.54, 1.807) is 19.2 Å². The first-order chi connectivity index (χ1) is 13.0. The van der Waals surface area contributed by atoms with Crippen molar-refractivity contribution in [3.05, 3.63) is 62.8 Å². The van der Waals surface area contributed by atoms with E-state index in [4.69, 9.17) is 27.9 Å². The number of anilines is 1. The zero-order valence-corrected chi connectivity index (χ0v) is 17.1. The van der Waals surface area contributed by atoms with Gasteiger partial charge in [0, 0.05) is 26.1 Å². The number of halogens is 2. The lowest BCUT2D eigenvalue weighted by molar-refractivity contribution is 0.103. The number of fused-ring (bicyclic) bond motifs is 1. The van der Waals surface area contributed by atoms with E-state index in [9.17, 15) is 4.79 Å². The van der Waals surface area contributed by atoms with Crippen molar-refractivity contribution in [3.63, 3.8) is 0 Å². The van der Waals surface area contributed by atoms with Gasteiger partial charge in [-0.2, -0.15) is 0 Å². The molecule has 2 aromatic heterocycles. The molecular formula is C19H12Cl2N2O2S2. The molecule has 136 valence electrons. The minimum absolute atomic E-state index is 0.280. The second kappa shape index (κ2) is 7.48. The Morgan fingerprint density at radius 2 is 1.93 bits per heavy atom. The van der Waals surface area contributed by atoms with Crippen molar-refractivity contribution in [2.75, 3.05) is 12.4 Å². The van der Waals surface area contributed by atoms with Gasteiger partial charge in [0.05, 0.1) is 17.8 Å². The first-order valence-corrected chi connectivity index (χ1v) is 10.3. The average molecular weight is 435 g/mol. The maximum atomic E-state index is 12.7. The Balaban J connectivity index is 1.58. The summed E-state index contributed by atoms with van der Waals surface area (Å²) < 4.78 is 6.12. The first kappa shape index (κ1) is 18.3. The van der Waals surface area contributed by atoms with Crippen LogP contribution in [0.2, 0.25) is 10.0 Å². The number of amides is 1. The van der Waals surface area contributed by atoms with Crippen LogP contribution in [0, 0.1) is 0 Å². The molecule has 0 atom stereocenters. The molecular weight excluding hydrogens is 423 g/mol. The van der Waals surface area contributed by atoms with Gasteiger partial charge in [-0.05, 0) is 30.3 Å². The molecule has 2 heterocycles. The number of thiazole rings is 1. The molecule has 1 amide bonds. The van der Waals surface area contributed by atoms with Gasteiger partial charge in [-0.15, -0.1) is 22.7 Å². The van der Waals surface area contributed by atoms with Crippen LogP contribution in [0.4, 0.5) is 5.13 Å². The van der Waals surface area contributed by atoms with E-state index in [0.29, 0.717) is 20.1 Å². The van der Waals surface area contributed by atoms with E-state index in [-0.39, 0.29) is 5.91 Å². The molecule has 0 fully saturated rings. The smallest absolute Gasteiger partial charge is 0.269 e. The van der Waals surface area contributed by atoms with Crippen molar-refractivity contribution >= 4 is 67.0 Å². The monoisotopic (exact) mass is 434 g/mol. The lowest BCUT2D eigenvalue weighted by Crippen LogP contribution is -2.10. The highest BCUT2D eigenvalue weighted by Crippen LogP contribution is 2.38. The van der Waals surface area contributed by atoms with Crippen molar-refractivity contribution in [1.82, 2.24) is 4.98 Å². The molecule has 0 radical (unpaired) electrons. The van der Waals surface area contributed by atoms with Gasteiger partial charge < -0.3 is 4.74 Å². The van der Waals surface area contributed by atoms with Gasteiger partial charge in [0.15, 0.2) is 5.13 Å². The number of hydrogen-bond donors (Lipinski definition) is 1. The molecule has 0 aliphatic carbocycles. The number of carbonyl (C=O) groups excluding carboxylic acids is 1. The van der Waals surface area contributed by atoms with E-state index in [0.717, 1.165) is 27.1 Å². The molecule has 2 aromatic carbocycles. The predicted molar refractivity (Wildman–Crippen MR) is 114 cm³/mol. The molecule has 4 aromatic rings. The number of hydrogen-bond acceptors (Lipinski definition) is 5. The highest BCUT2D eigenvalue weighted by atomic mass is 35.5. The quantitative estimate of drug-likeness (QED) is 0.393. The molecule has 0 aliphatic rings. The van der Waals surface area contributed by atoms with Crippen LogP contribution in [0.25, 0.3) is 21.3 Å². The average Bonchev–Trinajstić information content (AvgIpc) is 3.26. The largest absolute Gasteiger partial charge is 0.497 e. The van der Waals surface area contributed by atoms with Crippen LogP contribution < -0.4 is 10.1 Å². The van der Waals surface area contributed by atoms with Gasteiger partial charge in [-0.1, -0.05) is 35.3 Å². The van der Waals surface area contributed by atoms with Gasteiger partial charge in [-0.3, -0.25) is 10.1 Å². The van der Waals surface area contributed by atoms with Crippen molar-refractivity contribution in [2.24, 2.45) is 0 Å². The Hall–Kier alpha value is -2.12. The van der Waals surface area contributed by atoms with Crippen LogP contribution in [0.15, 0.2) is 47.8 Å². The van der Waals surface area contributed by atoms with Crippen molar-refractivity contribution < 1.29 is 9.53 Å². The molecule has 0 saturated heterocycles. The van der Waals surface area contributed by atoms with Gasteiger partial charge in [-0.25, -0.2) is 4.98 Å². The molecule has 4 rings (SSSR count). The number of aromatic nitrogens is 1. The van der Waals surface area contributed by atoms with Crippen molar-refractivity contribution in [1.29, 1.82) is 0 Å². The molecule has 8 heteroatoms. The van der Waals surface area contributed by atoms with Crippen LogP contribution in [0.1, 0.15) is 9.67 Å². The molecule has 0 aliphatic heterocycles. The van der Waals surface area contributed by atoms with Gasteiger partial charge >= 0.3 is 0 Å². The van der Waals surface area contributed by atoms with Crippen LogP contribution in [-0.2, 0) is 0 Å². The fraction of sp³-hybridized carbons (Fsp3) is 0.0526. The molecule has 4 nitrogen and oxygen atoms in total. The van der Waals surface area contributed by atoms with Gasteiger partial charge in [0.2, 0.25) is 0 Å². The molecule has 27 heavy (non-hydrogen) atoms. The van der Waals surface area contributed by atoms with Crippen LogP contribution in [-0.4, -0.2) is 18.0 Å². The standard InChI is InChI=1S/C19H12Cl2N2O2S2/c1-25-12-6-7-13-15(8-12)27-17(16(13)21)18(24)23-19-22-14(9-26-19)10-2-4-11(20)5-3-10/h2-9H,1H3,(H,22,23,24). The zero-order chi connectivity index (χ0) is 19.0. The van der Waals surface area contributed by atoms with Crippen LogP contribution in [0.3, 0.4) is 0 Å². The van der Waals surface area contributed by atoms with Gasteiger partial charge in [0.25, 0.3) is 5.91 Å². The van der Waals surface area contributed by atoms with Gasteiger partial charge in [0.1, 0.15) is 10.6 Å². The summed E-state index contributed by atoms with van der Waals surface area (Å²) in [5, 5.41) is 7.15. The Bertz CT molecular complexity index is 1140. The number of ether oxygens (including phenoxy) is 1. The third kappa shape index (κ3) is 3.66. The molecule has 0 spiro atoms. The maximum absolute atomic E-state index is 12.7. The van der Waals surface area contributed by atoms with E-state index in [2.05, 4.69) is 10.3 Å². The van der Waals surface area contributed by atoms with E-state index >= 15 is 0 Å². The second-order valence-corrected chi connectivity index (χ2v) is 8.33. The number of carbonyl (C=O) groups is 1. The summed E-state index contributed by atoms with van der Waals surface area (Å²) in [6, 6.07) is 12.9. The minimum Gasteiger partial charge on any atom is -0.497 e. The normalized spacial score (nSPS) is 10.9. The number of thiophene rings is 1. The summed E-state index contributed by atoms with van der Waals surface area (Å²) in [6.07, 6.45) is 0. The number of benzene rings is 2. The molecule has 0 saturated carbocycles. The Labute approximate surface area is 173 Å². The Kier molecular flexibility index (Phi) is 5.06. The SMILES string of the molecule is COc1ccc2c(Cl)c(C(=O)Nc3nc(-c4ccc(Cl)cc4)cs3)sc2c1. The highest BCUT2D eigenvalue weighted by molar-refractivity contribution is 7.22. The maximum Gasteiger partial charge on any atom is 0.269 e. The fourth-order valence-electron chi connectivity index (χ4n) is 2.56. The third-order valence-corrected chi connectivity index (χ3v) is 6.57. The van der Waals surface area contributed by atoms with Crippen LogP contribution >= 0.6 is 45.9 Å². The molecule has 1 N–H and O–H groups in total. The summed E-state index contributed by atoms with van der Waals surface area (Å²) in [6.45, 7) is 0. The lowest BCUT2D eigenvalue weighted by Gasteiger charge is -2.00. The topological polar surface area (TPSA) is 51.2 Å². The number of methoxy groups -OCH3 is 1. The first-order valence-electron chi connectivity index (χ1n) is 7.84. The summed E-state index contributed by atoms with van der Waals surface area (Å²) in [5.41, 5.74) is 1.71. The Morgan fingerprint density at radius 1 is 1.15 bits per heavy atom. The minimum atomic E-state index is -0.280. The summed E-state index contributed by atoms with van der Waals surface area (Å²) in [7, 11) is 1.60. The lowest BCUT2D eigenvalue weighted by atomic mass is 10.2. The zero-order valence-electron chi connectivity index (χ0n) is 14.0. The summed E-state index contributed by atoms with van der Waals surface area (Å²) in [4.78, 5) is 17.6. The summed E-state index contributed by atoms with van der Waals surface area (Å²) >= 11 is 15.0. The predicted octanol–water partition coefficient (Wildman–Crippen LogP) is 6.59. The second-order valence-electron chi connectivity index (χ2n) is 5.61. The van der Waals surface area contributed by atoms with E-state index in [1.807, 2.05) is 35.7 Å². The van der Waals surface area contributed by atoms with E-state index < -0.39 is 0 Å². The van der Waals surface area contributed by atoms with Crippen molar-refractivity contribution in [2.45, 2.75) is 0 Å². The highest BCUT2D eigenvalue weighted by Gasteiger charge is 2.19. The number of rotatable bonds is 4. The molecule has 0 unspecified atom stereocenters.